The van der Waals surface area contributed by atoms with Gasteiger partial charge in [-0.25, -0.2) is 0 Å². The lowest BCUT2D eigenvalue weighted by Gasteiger charge is -2.23. The number of azo groups is 1. The molecule has 0 bridgehead atoms. The molecule has 0 aliphatic carbocycles. The zero-order chi connectivity index (χ0) is 22.1. The van der Waals surface area contributed by atoms with Crippen LogP contribution in [0.3, 0.4) is 0 Å². The number of carbonyl (C=O) groups is 1. The van der Waals surface area contributed by atoms with Crippen LogP contribution in [0, 0.1) is 5.92 Å². The van der Waals surface area contributed by atoms with E-state index in [1.807, 2.05) is 38.1 Å². The molecule has 162 valence electrons. The lowest BCUT2D eigenvalue weighted by atomic mass is 10.1. The highest BCUT2D eigenvalue weighted by Crippen LogP contribution is 2.34. The van der Waals surface area contributed by atoms with Crippen LogP contribution in [0.2, 0.25) is 0 Å². The highest BCUT2D eigenvalue weighted by Gasteiger charge is 2.16. The third kappa shape index (κ3) is 7.06. The second-order valence-corrected chi connectivity index (χ2v) is 8.56. The third-order valence-corrected chi connectivity index (χ3v) is 5.74. The monoisotopic (exact) mass is 432 g/mol. The van der Waals surface area contributed by atoms with Gasteiger partial charge in [0.1, 0.15) is 0 Å². The Balaban J connectivity index is 1.99. The van der Waals surface area contributed by atoms with Gasteiger partial charge in [-0.15, -0.1) is 0 Å². The van der Waals surface area contributed by atoms with Gasteiger partial charge in [0.15, 0.2) is 0 Å². The van der Waals surface area contributed by atoms with Gasteiger partial charge in [0.2, 0.25) is 5.91 Å². The van der Waals surface area contributed by atoms with Crippen molar-refractivity contribution in [1.29, 1.82) is 0 Å². The second-order valence-electron chi connectivity index (χ2n) is 6.96. The van der Waals surface area contributed by atoms with Crippen LogP contribution in [-0.4, -0.2) is 35.3 Å². The molecule has 0 radical (unpaired) electrons. The molecule has 0 aliphatic rings. The van der Waals surface area contributed by atoms with Crippen LogP contribution < -0.4 is 15.5 Å². The first kappa shape index (κ1) is 23.7. The Bertz CT molecular complexity index is 911. The van der Waals surface area contributed by atoms with E-state index in [1.165, 1.54) is 18.2 Å². The number of nitrogens with zero attached hydrogens (tertiary/aromatic N) is 3. The Morgan fingerprint density at radius 2 is 1.77 bits per heavy atom. The lowest BCUT2D eigenvalue weighted by molar-refractivity contribution is -0.124. The number of likely N-dealkylation sites (N-methyl/N-ethyl adjacent to an activating group) is 1. The SMILES string of the molecule is CCC(C)C(=O)NCCN(CC)c1ccc(/N=N/c2cccc(P(=O)(O)O)c2)cc1. The summed E-state index contributed by atoms with van der Waals surface area (Å²) in [6.45, 7) is 8.05. The molecule has 0 spiro atoms. The van der Waals surface area contributed by atoms with E-state index in [2.05, 4.69) is 27.4 Å². The topological polar surface area (TPSA) is 115 Å². The minimum Gasteiger partial charge on any atom is -0.370 e. The predicted molar refractivity (Wildman–Crippen MR) is 119 cm³/mol. The quantitative estimate of drug-likeness (QED) is 0.389. The van der Waals surface area contributed by atoms with Gasteiger partial charge in [0.25, 0.3) is 0 Å². The van der Waals surface area contributed by atoms with E-state index in [4.69, 9.17) is 0 Å². The molecule has 1 unspecified atom stereocenters. The summed E-state index contributed by atoms with van der Waals surface area (Å²) in [6, 6.07) is 13.4. The molecule has 9 heteroatoms. The summed E-state index contributed by atoms with van der Waals surface area (Å²) in [4.78, 5) is 32.5. The fourth-order valence-electron chi connectivity index (χ4n) is 2.73. The molecule has 30 heavy (non-hydrogen) atoms. The number of nitrogens with one attached hydrogen (secondary N) is 1. The van der Waals surface area contributed by atoms with Crippen molar-refractivity contribution < 1.29 is 19.1 Å². The van der Waals surface area contributed by atoms with Gasteiger partial charge in [-0.05, 0) is 55.8 Å². The van der Waals surface area contributed by atoms with Crippen molar-refractivity contribution in [3.8, 4) is 0 Å². The number of amides is 1. The Hall–Kier alpha value is -2.54. The number of rotatable bonds is 10. The highest BCUT2D eigenvalue weighted by atomic mass is 31.2. The van der Waals surface area contributed by atoms with Crippen molar-refractivity contribution in [2.75, 3.05) is 24.5 Å². The molecule has 8 nitrogen and oxygen atoms in total. The zero-order valence-electron chi connectivity index (χ0n) is 17.5. The van der Waals surface area contributed by atoms with Crippen molar-refractivity contribution in [2.24, 2.45) is 16.1 Å². The van der Waals surface area contributed by atoms with Crippen molar-refractivity contribution in [2.45, 2.75) is 27.2 Å². The van der Waals surface area contributed by atoms with E-state index in [0.717, 1.165) is 18.7 Å². The average molecular weight is 432 g/mol. The normalized spacial score (nSPS) is 12.7. The van der Waals surface area contributed by atoms with Crippen molar-refractivity contribution in [3.63, 3.8) is 0 Å². The predicted octanol–water partition coefficient (Wildman–Crippen LogP) is 3.89. The van der Waals surface area contributed by atoms with Gasteiger partial charge in [-0.1, -0.05) is 19.9 Å². The van der Waals surface area contributed by atoms with Crippen LogP contribution in [-0.2, 0) is 9.36 Å². The fraction of sp³-hybridized carbons (Fsp3) is 0.381. The van der Waals surface area contributed by atoms with Crippen molar-refractivity contribution in [1.82, 2.24) is 5.32 Å². The number of hydrogen-bond acceptors (Lipinski definition) is 5. The average Bonchev–Trinajstić information content (AvgIpc) is 2.74. The molecule has 1 atom stereocenters. The maximum atomic E-state index is 11.9. The van der Waals surface area contributed by atoms with E-state index in [-0.39, 0.29) is 17.1 Å². The smallest absolute Gasteiger partial charge is 0.356 e. The van der Waals surface area contributed by atoms with Crippen LogP contribution in [0.5, 0.6) is 0 Å². The maximum Gasteiger partial charge on any atom is 0.356 e. The minimum absolute atomic E-state index is 0.0205. The van der Waals surface area contributed by atoms with E-state index >= 15 is 0 Å². The van der Waals surface area contributed by atoms with Crippen molar-refractivity contribution >= 4 is 35.9 Å². The maximum absolute atomic E-state index is 11.9. The van der Waals surface area contributed by atoms with Gasteiger partial charge < -0.3 is 20.0 Å². The summed E-state index contributed by atoms with van der Waals surface area (Å²) in [7, 11) is -4.32. The Labute approximate surface area is 177 Å². The first-order valence-electron chi connectivity index (χ1n) is 9.95. The summed E-state index contributed by atoms with van der Waals surface area (Å²) in [5, 5.41) is 11.1. The van der Waals surface area contributed by atoms with Gasteiger partial charge in [0, 0.05) is 31.2 Å². The van der Waals surface area contributed by atoms with Gasteiger partial charge >= 0.3 is 7.60 Å². The van der Waals surface area contributed by atoms with E-state index < -0.39 is 7.60 Å². The Morgan fingerprint density at radius 1 is 1.10 bits per heavy atom. The number of carbonyl (C=O) groups excluding carboxylic acids is 1. The van der Waals surface area contributed by atoms with Crippen LogP contribution >= 0.6 is 7.60 Å². The lowest BCUT2D eigenvalue weighted by Crippen LogP contribution is -2.37. The van der Waals surface area contributed by atoms with E-state index in [1.54, 1.807) is 6.07 Å². The van der Waals surface area contributed by atoms with Gasteiger partial charge in [-0.2, -0.15) is 10.2 Å². The highest BCUT2D eigenvalue weighted by molar-refractivity contribution is 7.60. The molecule has 0 saturated heterocycles. The number of benzene rings is 2. The largest absolute Gasteiger partial charge is 0.370 e. The number of hydrogen-bond donors (Lipinski definition) is 3. The molecule has 0 fully saturated rings. The molecule has 0 aromatic heterocycles. The van der Waals surface area contributed by atoms with Crippen LogP contribution in [0.25, 0.3) is 0 Å². The molecular weight excluding hydrogens is 403 g/mol. The molecule has 1 amide bonds. The van der Waals surface area contributed by atoms with Crippen molar-refractivity contribution in [3.05, 3.63) is 48.5 Å². The number of anilines is 1. The van der Waals surface area contributed by atoms with Crippen LogP contribution in [0.15, 0.2) is 58.8 Å². The van der Waals surface area contributed by atoms with Crippen LogP contribution in [0.4, 0.5) is 17.1 Å². The zero-order valence-corrected chi connectivity index (χ0v) is 18.4. The molecule has 2 rings (SSSR count). The molecular formula is C21H29N4O4P. The molecule has 0 saturated carbocycles. The van der Waals surface area contributed by atoms with Gasteiger partial charge in [-0.3, -0.25) is 9.36 Å². The molecule has 2 aromatic carbocycles. The summed E-state index contributed by atoms with van der Waals surface area (Å²) >= 11 is 0. The minimum atomic E-state index is -4.32. The second kappa shape index (κ2) is 11.0. The molecule has 0 aliphatic heterocycles. The van der Waals surface area contributed by atoms with E-state index in [9.17, 15) is 19.1 Å². The first-order chi connectivity index (χ1) is 14.2. The third-order valence-electron chi connectivity index (χ3n) is 4.78. The molecule has 2 aromatic rings. The van der Waals surface area contributed by atoms with Crippen LogP contribution in [0.1, 0.15) is 27.2 Å². The summed E-state index contributed by atoms with van der Waals surface area (Å²) in [5.74, 6) is 0.0965. The molecule has 0 heterocycles. The Morgan fingerprint density at radius 3 is 2.37 bits per heavy atom. The summed E-state index contributed by atoms with van der Waals surface area (Å²) in [6.07, 6.45) is 0.822. The summed E-state index contributed by atoms with van der Waals surface area (Å²) in [5.41, 5.74) is 2.01. The fourth-order valence-corrected chi connectivity index (χ4v) is 3.31. The molecule has 3 N–H and O–H groups in total. The first-order valence-corrected chi connectivity index (χ1v) is 11.6. The standard InChI is InChI=1S/C21H29N4O4P/c1-4-16(3)21(26)22-13-14-25(5-2)19-11-9-17(10-12-19)23-24-18-7-6-8-20(15-18)30(27,28)29/h6-12,15-16H,4-5,13-14H2,1-3H3,(H,22,26)(H2,27,28,29)/b24-23+. The van der Waals surface area contributed by atoms with E-state index in [0.29, 0.717) is 24.5 Å². The Kier molecular flexibility index (Phi) is 8.72. The van der Waals surface area contributed by atoms with Gasteiger partial charge in [0.05, 0.1) is 16.7 Å². The summed E-state index contributed by atoms with van der Waals surface area (Å²) < 4.78 is 11.3.